The van der Waals surface area contributed by atoms with E-state index >= 15 is 0 Å². The van der Waals surface area contributed by atoms with Crippen LogP contribution in [0.3, 0.4) is 0 Å². The highest BCUT2D eigenvalue weighted by Crippen LogP contribution is 2.21. The molecule has 0 saturated carbocycles. The number of halogens is 1. The van der Waals surface area contributed by atoms with Crippen LogP contribution < -0.4 is 0 Å². The molecule has 23 heavy (non-hydrogen) atoms. The molecule has 0 aliphatic rings. The fraction of sp³-hybridized carbons (Fsp3) is 0.0667. The molecule has 8 heteroatoms. The Morgan fingerprint density at radius 1 is 1.30 bits per heavy atom. The minimum absolute atomic E-state index is 0.0475. The molecule has 116 valence electrons. The number of hydrogen-bond donors (Lipinski definition) is 2. The molecular formula is C15H11FN4O2S. The van der Waals surface area contributed by atoms with Crippen LogP contribution in [0.15, 0.2) is 41.1 Å². The Hall–Kier alpha value is -2.87. The minimum atomic E-state index is -0.359. The van der Waals surface area contributed by atoms with Crippen molar-refractivity contribution in [2.75, 3.05) is 0 Å². The number of ketones is 1. The topological polar surface area (TPSA) is 91.8 Å². The predicted molar refractivity (Wildman–Crippen MR) is 82.6 cm³/mol. The Kier molecular flexibility index (Phi) is 4.24. The number of aliphatic hydroxyl groups excluding tert-OH is 1. The summed E-state index contributed by atoms with van der Waals surface area (Å²) >= 11 is 1.39. The van der Waals surface area contributed by atoms with Crippen molar-refractivity contribution < 1.29 is 14.3 Å². The van der Waals surface area contributed by atoms with Crippen LogP contribution in [-0.4, -0.2) is 31.5 Å². The lowest BCUT2D eigenvalue weighted by atomic mass is 10.0. The first-order chi connectivity index (χ1) is 11.1. The van der Waals surface area contributed by atoms with E-state index in [4.69, 9.17) is 0 Å². The van der Waals surface area contributed by atoms with E-state index in [0.717, 1.165) is 17.2 Å². The lowest BCUT2D eigenvalue weighted by molar-refractivity contribution is 0.104. The van der Waals surface area contributed by atoms with Crippen LogP contribution in [0.1, 0.15) is 27.3 Å². The maximum Gasteiger partial charge on any atom is 0.239 e. The Morgan fingerprint density at radius 3 is 2.78 bits per heavy atom. The van der Waals surface area contributed by atoms with E-state index in [1.54, 1.807) is 17.5 Å². The van der Waals surface area contributed by atoms with Gasteiger partial charge in [0.2, 0.25) is 5.82 Å². The van der Waals surface area contributed by atoms with E-state index in [0.29, 0.717) is 12.0 Å². The Bertz CT molecular complexity index is 841. The number of carbonyl (C=O) groups excluding carboxylic acids is 1. The Balaban J connectivity index is 1.81. The van der Waals surface area contributed by atoms with Crippen molar-refractivity contribution in [3.8, 4) is 0 Å². The first-order valence-electron chi connectivity index (χ1n) is 6.62. The molecule has 0 spiro atoms. The number of nitrogens with one attached hydrogen (secondary N) is 1. The van der Waals surface area contributed by atoms with Gasteiger partial charge in [-0.05, 0) is 40.3 Å². The zero-order valence-electron chi connectivity index (χ0n) is 11.7. The predicted octanol–water partition coefficient (Wildman–Crippen LogP) is 2.77. The molecule has 6 nitrogen and oxygen atoms in total. The third-order valence-electron chi connectivity index (χ3n) is 3.16. The molecule has 0 atom stereocenters. The number of aromatic nitrogens is 4. The third-order valence-corrected chi connectivity index (χ3v) is 3.95. The van der Waals surface area contributed by atoms with Gasteiger partial charge in [0, 0.05) is 17.0 Å². The standard InChI is InChI=1S/C15H11FN4O2S/c16-11-3-1-9(2-4-11)5-10-7-23-8-12(10)13(21)6-14(22)15-17-19-20-18-15/h1-4,6-8,22H,5H2,(H,17,18,19,20). The molecular weight excluding hydrogens is 319 g/mol. The van der Waals surface area contributed by atoms with Gasteiger partial charge in [0.05, 0.1) is 0 Å². The number of aliphatic hydroxyl groups is 1. The van der Waals surface area contributed by atoms with E-state index in [9.17, 15) is 14.3 Å². The molecule has 0 unspecified atom stereocenters. The number of H-pyrrole nitrogens is 1. The molecule has 0 aliphatic carbocycles. The lowest BCUT2D eigenvalue weighted by Crippen LogP contribution is -2.00. The molecule has 0 aliphatic heterocycles. The van der Waals surface area contributed by atoms with Crippen molar-refractivity contribution in [2.24, 2.45) is 0 Å². The second kappa shape index (κ2) is 6.49. The fourth-order valence-electron chi connectivity index (χ4n) is 2.04. The largest absolute Gasteiger partial charge is 0.504 e. The van der Waals surface area contributed by atoms with E-state index in [1.807, 2.05) is 5.38 Å². The van der Waals surface area contributed by atoms with Crippen molar-refractivity contribution in [1.82, 2.24) is 20.6 Å². The number of carbonyl (C=O) groups is 1. The summed E-state index contributed by atoms with van der Waals surface area (Å²) in [4.78, 5) is 12.3. The van der Waals surface area contributed by atoms with Crippen LogP contribution in [0.5, 0.6) is 0 Å². The number of nitrogens with zero attached hydrogens (tertiary/aromatic N) is 3. The second-order valence-electron chi connectivity index (χ2n) is 4.74. The number of allylic oxidation sites excluding steroid dienone is 1. The SMILES string of the molecule is O=C(C=C(O)c1nn[nH]n1)c1cscc1Cc1ccc(F)cc1. The van der Waals surface area contributed by atoms with Gasteiger partial charge in [0.25, 0.3) is 0 Å². The maximum absolute atomic E-state index is 12.9. The number of tetrazole rings is 1. The number of hydrogen-bond acceptors (Lipinski definition) is 6. The van der Waals surface area contributed by atoms with Gasteiger partial charge >= 0.3 is 0 Å². The molecule has 3 rings (SSSR count). The molecule has 3 aromatic rings. The van der Waals surface area contributed by atoms with Gasteiger partial charge in [-0.25, -0.2) is 4.39 Å². The molecule has 1 aromatic carbocycles. The zero-order valence-corrected chi connectivity index (χ0v) is 12.5. The molecule has 2 aromatic heterocycles. The van der Waals surface area contributed by atoms with Crippen LogP contribution in [0.25, 0.3) is 5.76 Å². The van der Waals surface area contributed by atoms with Crippen LogP contribution in [0, 0.1) is 5.82 Å². The van der Waals surface area contributed by atoms with E-state index in [1.165, 1.54) is 23.5 Å². The van der Waals surface area contributed by atoms with Gasteiger partial charge in [-0.2, -0.15) is 16.6 Å². The molecule has 0 amide bonds. The van der Waals surface area contributed by atoms with Gasteiger partial charge in [-0.3, -0.25) is 4.79 Å². The van der Waals surface area contributed by atoms with Crippen molar-refractivity contribution in [3.63, 3.8) is 0 Å². The van der Waals surface area contributed by atoms with Gasteiger partial charge < -0.3 is 5.11 Å². The molecule has 2 N–H and O–H groups in total. The Morgan fingerprint density at radius 2 is 2.09 bits per heavy atom. The highest BCUT2D eigenvalue weighted by Gasteiger charge is 2.14. The quantitative estimate of drug-likeness (QED) is 0.426. The summed E-state index contributed by atoms with van der Waals surface area (Å²) in [5.41, 5.74) is 2.18. The highest BCUT2D eigenvalue weighted by molar-refractivity contribution is 7.08. The highest BCUT2D eigenvalue weighted by atomic mass is 32.1. The summed E-state index contributed by atoms with van der Waals surface area (Å²) in [6, 6.07) is 6.11. The molecule has 0 fully saturated rings. The molecule has 0 saturated heterocycles. The second-order valence-corrected chi connectivity index (χ2v) is 5.49. The fourth-order valence-corrected chi connectivity index (χ4v) is 2.88. The zero-order chi connectivity index (χ0) is 16.2. The van der Waals surface area contributed by atoms with E-state index in [2.05, 4.69) is 20.6 Å². The maximum atomic E-state index is 12.9. The summed E-state index contributed by atoms with van der Waals surface area (Å²) in [7, 11) is 0. The van der Waals surface area contributed by atoms with Crippen LogP contribution >= 0.6 is 11.3 Å². The molecule has 0 bridgehead atoms. The smallest absolute Gasteiger partial charge is 0.239 e. The van der Waals surface area contributed by atoms with E-state index < -0.39 is 0 Å². The molecule has 2 heterocycles. The Labute approximate surface area is 134 Å². The molecule has 0 radical (unpaired) electrons. The van der Waals surface area contributed by atoms with Gasteiger partial charge in [0.15, 0.2) is 11.5 Å². The van der Waals surface area contributed by atoms with Crippen molar-refractivity contribution in [3.05, 3.63) is 69.4 Å². The summed E-state index contributed by atoms with van der Waals surface area (Å²) < 4.78 is 12.9. The van der Waals surface area contributed by atoms with Crippen LogP contribution in [0.4, 0.5) is 4.39 Å². The number of rotatable bonds is 5. The van der Waals surface area contributed by atoms with Gasteiger partial charge in [-0.15, -0.1) is 10.2 Å². The number of thiophene rings is 1. The average molecular weight is 330 g/mol. The van der Waals surface area contributed by atoms with Gasteiger partial charge in [0.1, 0.15) is 5.82 Å². The van der Waals surface area contributed by atoms with Crippen molar-refractivity contribution in [1.29, 1.82) is 0 Å². The first kappa shape index (κ1) is 15.0. The van der Waals surface area contributed by atoms with E-state index in [-0.39, 0.29) is 23.2 Å². The summed E-state index contributed by atoms with van der Waals surface area (Å²) in [6.07, 6.45) is 1.56. The minimum Gasteiger partial charge on any atom is -0.504 e. The van der Waals surface area contributed by atoms with Gasteiger partial charge in [-0.1, -0.05) is 12.1 Å². The summed E-state index contributed by atoms with van der Waals surface area (Å²) in [5, 5.41) is 26.1. The normalized spacial score (nSPS) is 11.6. The van der Waals surface area contributed by atoms with Crippen LogP contribution in [0.2, 0.25) is 0 Å². The third kappa shape index (κ3) is 3.49. The lowest BCUT2D eigenvalue weighted by Gasteiger charge is -2.02. The number of aromatic amines is 1. The van der Waals surface area contributed by atoms with Crippen molar-refractivity contribution in [2.45, 2.75) is 6.42 Å². The summed E-state index contributed by atoms with van der Waals surface area (Å²) in [5.74, 6) is -1.06. The first-order valence-corrected chi connectivity index (χ1v) is 7.56. The van der Waals surface area contributed by atoms with Crippen molar-refractivity contribution >= 4 is 22.9 Å². The van der Waals surface area contributed by atoms with Crippen LogP contribution in [-0.2, 0) is 6.42 Å². The monoisotopic (exact) mass is 330 g/mol. The number of benzene rings is 1. The average Bonchev–Trinajstić information content (AvgIpc) is 3.20. The summed E-state index contributed by atoms with van der Waals surface area (Å²) in [6.45, 7) is 0.